The van der Waals surface area contributed by atoms with Gasteiger partial charge in [0, 0.05) is 29.8 Å². The van der Waals surface area contributed by atoms with E-state index >= 15 is 0 Å². The molecular weight excluding hydrogens is 246 g/mol. The molecule has 1 N–H and O–H groups in total. The Morgan fingerprint density at radius 2 is 2.21 bits per heavy atom. The summed E-state index contributed by atoms with van der Waals surface area (Å²) >= 11 is 0. The molecule has 1 saturated carbocycles. The van der Waals surface area contributed by atoms with E-state index in [2.05, 4.69) is 5.10 Å². The quantitative estimate of drug-likeness (QED) is 0.673. The van der Waals surface area contributed by atoms with E-state index in [9.17, 15) is 15.2 Å². The summed E-state index contributed by atoms with van der Waals surface area (Å²) in [6, 6.07) is 6.38. The molecule has 98 valence electrons. The van der Waals surface area contributed by atoms with Crippen molar-refractivity contribution in [2.24, 2.45) is 0 Å². The highest BCUT2D eigenvalue weighted by Gasteiger charge is 2.26. The van der Waals surface area contributed by atoms with E-state index in [1.165, 1.54) is 25.0 Å². The van der Waals surface area contributed by atoms with Crippen LogP contribution in [0.15, 0.2) is 30.5 Å². The Morgan fingerprint density at radius 3 is 2.84 bits per heavy atom. The van der Waals surface area contributed by atoms with Crippen LogP contribution < -0.4 is 0 Å². The number of benzene rings is 1. The molecule has 1 aliphatic rings. The second kappa shape index (κ2) is 4.47. The summed E-state index contributed by atoms with van der Waals surface area (Å²) in [7, 11) is 0. The minimum Gasteiger partial charge on any atom is -0.392 e. The first-order valence-corrected chi connectivity index (χ1v) is 6.13. The van der Waals surface area contributed by atoms with Crippen LogP contribution >= 0.6 is 0 Å². The van der Waals surface area contributed by atoms with Gasteiger partial charge < -0.3 is 5.11 Å². The number of aromatic nitrogens is 2. The molecule has 1 fully saturated rings. The van der Waals surface area contributed by atoms with Crippen molar-refractivity contribution in [3.05, 3.63) is 51.8 Å². The van der Waals surface area contributed by atoms with Gasteiger partial charge in [-0.2, -0.15) is 5.10 Å². The van der Waals surface area contributed by atoms with Crippen LogP contribution in [0.1, 0.15) is 30.0 Å². The Bertz CT molecular complexity index is 632. The molecule has 1 aromatic carbocycles. The number of aliphatic hydroxyl groups is 1. The number of aliphatic hydroxyl groups excluding tert-OH is 1. The van der Waals surface area contributed by atoms with E-state index in [1.807, 2.05) is 12.3 Å². The first-order chi connectivity index (χ1) is 9.19. The predicted octanol–water partition coefficient (Wildman–Crippen LogP) is 2.15. The van der Waals surface area contributed by atoms with Gasteiger partial charge >= 0.3 is 0 Å². The van der Waals surface area contributed by atoms with Crippen molar-refractivity contribution in [3.8, 4) is 5.69 Å². The first-order valence-electron chi connectivity index (χ1n) is 6.13. The Morgan fingerprint density at radius 1 is 1.42 bits per heavy atom. The molecule has 1 aliphatic carbocycles. The van der Waals surface area contributed by atoms with E-state index < -0.39 is 4.92 Å². The minimum atomic E-state index is -0.471. The Labute approximate surface area is 109 Å². The van der Waals surface area contributed by atoms with E-state index in [-0.39, 0.29) is 12.3 Å². The lowest BCUT2D eigenvalue weighted by atomic mass is 10.1. The molecule has 0 bridgehead atoms. The summed E-state index contributed by atoms with van der Waals surface area (Å²) in [5.41, 5.74) is 2.20. The minimum absolute atomic E-state index is 0.0256. The Hall–Kier alpha value is -2.21. The molecule has 6 heteroatoms. The summed E-state index contributed by atoms with van der Waals surface area (Å²) < 4.78 is 1.67. The second-order valence-electron chi connectivity index (χ2n) is 4.69. The van der Waals surface area contributed by atoms with Crippen molar-refractivity contribution in [2.75, 3.05) is 0 Å². The molecule has 0 radical (unpaired) electrons. The molecule has 2 aromatic rings. The molecule has 0 spiro atoms. The number of nitro groups is 1. The van der Waals surface area contributed by atoms with Gasteiger partial charge in [-0.05, 0) is 25.0 Å². The number of rotatable bonds is 4. The van der Waals surface area contributed by atoms with Crippen molar-refractivity contribution in [3.63, 3.8) is 0 Å². The van der Waals surface area contributed by atoms with E-state index in [4.69, 9.17) is 0 Å². The summed E-state index contributed by atoms with van der Waals surface area (Å²) in [6.07, 6.45) is 4.17. The maximum absolute atomic E-state index is 10.7. The van der Waals surface area contributed by atoms with Gasteiger partial charge in [0.15, 0.2) is 0 Å². The summed E-state index contributed by atoms with van der Waals surface area (Å²) in [6.45, 7) is -0.254. The van der Waals surface area contributed by atoms with Gasteiger partial charge in [0.2, 0.25) is 0 Å². The Balaban J connectivity index is 2.00. The third-order valence-corrected chi connectivity index (χ3v) is 3.30. The third-order valence-electron chi connectivity index (χ3n) is 3.30. The van der Waals surface area contributed by atoms with Crippen LogP contribution in [0, 0.1) is 10.1 Å². The fourth-order valence-corrected chi connectivity index (χ4v) is 2.10. The molecule has 1 aromatic heterocycles. The van der Waals surface area contributed by atoms with Crippen LogP contribution in [0.4, 0.5) is 5.69 Å². The molecule has 3 rings (SSSR count). The molecular formula is C13H13N3O3. The number of non-ortho nitro benzene ring substituents is 1. The van der Waals surface area contributed by atoms with Crippen molar-refractivity contribution in [1.82, 2.24) is 9.78 Å². The molecule has 0 unspecified atom stereocenters. The van der Waals surface area contributed by atoms with Crippen LogP contribution in [-0.4, -0.2) is 19.8 Å². The summed E-state index contributed by atoms with van der Waals surface area (Å²) in [4.78, 5) is 10.2. The zero-order valence-corrected chi connectivity index (χ0v) is 10.2. The van der Waals surface area contributed by atoms with Crippen molar-refractivity contribution in [2.45, 2.75) is 25.4 Å². The number of nitrogens with zero attached hydrogens (tertiary/aromatic N) is 3. The maximum atomic E-state index is 10.7. The van der Waals surface area contributed by atoms with Gasteiger partial charge in [-0.3, -0.25) is 10.1 Å². The highest BCUT2D eigenvalue weighted by atomic mass is 16.6. The monoisotopic (exact) mass is 259 g/mol. The second-order valence-corrected chi connectivity index (χ2v) is 4.69. The molecule has 0 atom stereocenters. The van der Waals surface area contributed by atoms with Gasteiger partial charge in [0.25, 0.3) is 5.69 Å². The summed E-state index contributed by atoms with van der Waals surface area (Å²) in [5.74, 6) is 0.553. The predicted molar refractivity (Wildman–Crippen MR) is 68.1 cm³/mol. The average molecular weight is 259 g/mol. The van der Waals surface area contributed by atoms with Gasteiger partial charge in [-0.1, -0.05) is 0 Å². The topological polar surface area (TPSA) is 81.2 Å². The average Bonchev–Trinajstić information content (AvgIpc) is 3.16. The fraction of sp³-hybridized carbons (Fsp3) is 0.308. The van der Waals surface area contributed by atoms with Crippen LogP contribution in [0.3, 0.4) is 0 Å². The van der Waals surface area contributed by atoms with Crippen LogP contribution in [-0.2, 0) is 6.61 Å². The van der Waals surface area contributed by atoms with Crippen molar-refractivity contribution >= 4 is 5.69 Å². The SMILES string of the molecule is O=[N+]([O-])c1ccc(-n2ccc(C3CC3)n2)c(CO)c1. The van der Waals surface area contributed by atoms with Crippen LogP contribution in [0.25, 0.3) is 5.69 Å². The standard InChI is InChI=1S/C13H13N3O3/c17-8-10-7-11(16(18)19)3-4-13(10)15-6-5-12(14-15)9-1-2-9/h3-7,9,17H,1-2,8H2. The lowest BCUT2D eigenvalue weighted by molar-refractivity contribution is -0.384. The lowest BCUT2D eigenvalue weighted by Gasteiger charge is -2.07. The highest BCUT2D eigenvalue weighted by molar-refractivity contribution is 5.48. The lowest BCUT2D eigenvalue weighted by Crippen LogP contribution is -2.02. The van der Waals surface area contributed by atoms with E-state index in [0.717, 1.165) is 5.69 Å². The normalized spacial score (nSPS) is 14.6. The zero-order valence-electron chi connectivity index (χ0n) is 10.2. The number of hydrogen-bond acceptors (Lipinski definition) is 4. The third kappa shape index (κ3) is 2.22. The van der Waals surface area contributed by atoms with E-state index in [0.29, 0.717) is 17.2 Å². The Kier molecular flexibility index (Phi) is 2.79. The molecule has 0 amide bonds. The molecule has 0 aliphatic heterocycles. The molecule has 1 heterocycles. The van der Waals surface area contributed by atoms with Crippen LogP contribution in [0.5, 0.6) is 0 Å². The van der Waals surface area contributed by atoms with Gasteiger partial charge in [-0.25, -0.2) is 4.68 Å². The van der Waals surface area contributed by atoms with Crippen LogP contribution in [0.2, 0.25) is 0 Å². The van der Waals surface area contributed by atoms with Gasteiger partial charge in [0.1, 0.15) is 0 Å². The highest BCUT2D eigenvalue weighted by Crippen LogP contribution is 2.39. The molecule has 0 saturated heterocycles. The largest absolute Gasteiger partial charge is 0.392 e. The first kappa shape index (κ1) is 11.9. The maximum Gasteiger partial charge on any atom is 0.269 e. The van der Waals surface area contributed by atoms with Gasteiger partial charge in [0.05, 0.1) is 22.9 Å². The molecule has 6 nitrogen and oxygen atoms in total. The fourth-order valence-electron chi connectivity index (χ4n) is 2.10. The number of nitro benzene ring substituents is 1. The molecule has 19 heavy (non-hydrogen) atoms. The van der Waals surface area contributed by atoms with Crippen molar-refractivity contribution in [1.29, 1.82) is 0 Å². The zero-order chi connectivity index (χ0) is 13.4. The smallest absolute Gasteiger partial charge is 0.269 e. The van der Waals surface area contributed by atoms with E-state index in [1.54, 1.807) is 10.7 Å². The summed E-state index contributed by atoms with van der Waals surface area (Å²) in [5, 5.41) is 24.5. The van der Waals surface area contributed by atoms with Crippen molar-refractivity contribution < 1.29 is 10.0 Å². The number of hydrogen-bond donors (Lipinski definition) is 1. The van der Waals surface area contributed by atoms with Gasteiger partial charge in [-0.15, -0.1) is 0 Å².